The highest BCUT2D eigenvalue weighted by Gasteiger charge is 2.21. The van der Waals surface area contributed by atoms with Crippen molar-refractivity contribution in [2.45, 2.75) is 24.4 Å². The third-order valence-corrected chi connectivity index (χ3v) is 4.84. The fourth-order valence-electron chi connectivity index (χ4n) is 2.19. The Morgan fingerprint density at radius 3 is 2.58 bits per heavy atom. The lowest BCUT2D eigenvalue weighted by Gasteiger charge is -2.13. The third-order valence-electron chi connectivity index (χ3n) is 3.18. The summed E-state index contributed by atoms with van der Waals surface area (Å²) in [6.07, 6.45) is 2.88. The zero-order chi connectivity index (χ0) is 13.9. The largest absolute Gasteiger partial charge is 0.475 e. The predicted molar refractivity (Wildman–Crippen MR) is 68.0 cm³/mol. The minimum absolute atomic E-state index is 0.0178. The number of rotatable bonds is 6. The average Bonchev–Trinajstić information content (AvgIpc) is 2.99. The van der Waals surface area contributed by atoms with E-state index in [9.17, 15) is 13.2 Å². The van der Waals surface area contributed by atoms with E-state index in [-0.39, 0.29) is 16.6 Å². The number of aromatic carboxylic acids is 1. The van der Waals surface area contributed by atoms with E-state index < -0.39 is 15.8 Å². The lowest BCUT2D eigenvalue weighted by atomic mass is 10.4. The first-order valence-corrected chi connectivity index (χ1v) is 7.92. The molecule has 19 heavy (non-hydrogen) atoms. The summed E-state index contributed by atoms with van der Waals surface area (Å²) in [6.45, 7) is 2.82. The van der Waals surface area contributed by atoms with Crippen LogP contribution in [0.25, 0.3) is 0 Å². The lowest BCUT2D eigenvalue weighted by Crippen LogP contribution is -2.22. The predicted octanol–water partition coefficient (Wildman–Crippen LogP) is 1.24. The minimum atomic E-state index is -3.52. The molecule has 1 N–H and O–H groups in total. The molecule has 0 unspecified atom stereocenters. The van der Waals surface area contributed by atoms with Gasteiger partial charge >= 0.3 is 5.97 Å². The minimum Gasteiger partial charge on any atom is -0.475 e. The van der Waals surface area contributed by atoms with E-state index in [1.165, 1.54) is 18.9 Å². The molecule has 1 saturated heterocycles. The van der Waals surface area contributed by atoms with E-state index >= 15 is 0 Å². The van der Waals surface area contributed by atoms with Gasteiger partial charge in [0.2, 0.25) is 20.7 Å². The maximum absolute atomic E-state index is 11.9. The van der Waals surface area contributed by atoms with Crippen LogP contribution in [0.2, 0.25) is 0 Å². The van der Waals surface area contributed by atoms with Gasteiger partial charge in [0, 0.05) is 0 Å². The van der Waals surface area contributed by atoms with Crippen LogP contribution in [0, 0.1) is 0 Å². The van der Waals surface area contributed by atoms with Gasteiger partial charge in [0.1, 0.15) is 0 Å². The summed E-state index contributed by atoms with van der Waals surface area (Å²) in [4.78, 5) is 12.9. The topological polar surface area (TPSA) is 87.8 Å². The van der Waals surface area contributed by atoms with Crippen LogP contribution in [0.3, 0.4) is 0 Å². The first-order chi connectivity index (χ1) is 8.99. The fraction of sp³-hybridized carbons (Fsp3) is 0.583. The van der Waals surface area contributed by atoms with Crippen molar-refractivity contribution in [2.24, 2.45) is 0 Å². The number of furan rings is 1. The highest BCUT2D eigenvalue weighted by Crippen LogP contribution is 2.17. The van der Waals surface area contributed by atoms with E-state index in [0.29, 0.717) is 6.42 Å². The number of carbonyl (C=O) groups is 1. The molecule has 0 atom stereocenters. The van der Waals surface area contributed by atoms with Crippen molar-refractivity contribution in [3.05, 3.63) is 17.9 Å². The fourth-order valence-corrected chi connectivity index (χ4v) is 3.39. The highest BCUT2D eigenvalue weighted by atomic mass is 32.2. The molecular weight excluding hydrogens is 270 g/mol. The van der Waals surface area contributed by atoms with Crippen LogP contribution < -0.4 is 0 Å². The zero-order valence-electron chi connectivity index (χ0n) is 10.5. The first-order valence-electron chi connectivity index (χ1n) is 6.27. The molecule has 1 fully saturated rings. The standard InChI is InChI=1S/C12H17NO5S/c14-12(15)10-4-5-11(18-10)19(16,17)9-3-8-13-6-1-2-7-13/h4-5H,1-3,6-9H2,(H,14,15). The molecule has 0 bridgehead atoms. The van der Waals surface area contributed by atoms with Crippen molar-refractivity contribution in [3.63, 3.8) is 0 Å². The van der Waals surface area contributed by atoms with Gasteiger partial charge < -0.3 is 14.4 Å². The van der Waals surface area contributed by atoms with Crippen molar-refractivity contribution >= 4 is 15.8 Å². The van der Waals surface area contributed by atoms with Gasteiger partial charge in [-0.05, 0) is 51.0 Å². The Balaban J connectivity index is 1.91. The van der Waals surface area contributed by atoms with Gasteiger partial charge in [-0.15, -0.1) is 0 Å². The van der Waals surface area contributed by atoms with Crippen molar-refractivity contribution in [1.29, 1.82) is 0 Å². The second-order valence-electron chi connectivity index (χ2n) is 4.65. The zero-order valence-corrected chi connectivity index (χ0v) is 11.4. The molecule has 1 aromatic heterocycles. The van der Waals surface area contributed by atoms with E-state index in [2.05, 4.69) is 4.90 Å². The Kier molecular flexibility index (Phi) is 4.26. The quantitative estimate of drug-likeness (QED) is 0.847. The van der Waals surface area contributed by atoms with Crippen LogP contribution in [0.4, 0.5) is 0 Å². The molecule has 0 aliphatic carbocycles. The van der Waals surface area contributed by atoms with Crippen LogP contribution in [0.1, 0.15) is 29.8 Å². The van der Waals surface area contributed by atoms with E-state index in [1.807, 2.05) is 0 Å². The SMILES string of the molecule is O=C(O)c1ccc(S(=O)(=O)CCCN2CCCC2)o1. The van der Waals surface area contributed by atoms with Crippen LogP contribution in [0.15, 0.2) is 21.6 Å². The number of likely N-dealkylation sites (tertiary alicyclic amines) is 1. The van der Waals surface area contributed by atoms with Crippen molar-refractivity contribution in [1.82, 2.24) is 4.90 Å². The van der Waals surface area contributed by atoms with Gasteiger partial charge in [-0.25, -0.2) is 13.2 Å². The van der Waals surface area contributed by atoms with E-state index in [0.717, 1.165) is 25.7 Å². The molecule has 1 aliphatic heterocycles. The molecule has 0 radical (unpaired) electrons. The van der Waals surface area contributed by atoms with Crippen molar-refractivity contribution in [3.8, 4) is 0 Å². The Bertz CT molecular complexity index is 542. The Labute approximate surface area is 111 Å². The number of hydrogen-bond acceptors (Lipinski definition) is 5. The number of nitrogens with zero attached hydrogens (tertiary/aromatic N) is 1. The summed E-state index contributed by atoms with van der Waals surface area (Å²) < 4.78 is 28.7. The summed E-state index contributed by atoms with van der Waals surface area (Å²) in [5, 5.41) is 8.43. The summed E-state index contributed by atoms with van der Waals surface area (Å²) in [6, 6.07) is 2.37. The molecule has 0 aromatic carbocycles. The summed E-state index contributed by atoms with van der Waals surface area (Å²) >= 11 is 0. The Morgan fingerprint density at radius 1 is 1.32 bits per heavy atom. The van der Waals surface area contributed by atoms with Crippen LogP contribution >= 0.6 is 0 Å². The summed E-state index contributed by atoms with van der Waals surface area (Å²) in [5.41, 5.74) is 0. The molecule has 2 rings (SSSR count). The third kappa shape index (κ3) is 3.57. The second kappa shape index (κ2) is 5.75. The molecule has 1 aliphatic rings. The van der Waals surface area contributed by atoms with Crippen LogP contribution in [-0.4, -0.2) is 49.8 Å². The molecule has 1 aromatic rings. The molecular formula is C12H17NO5S. The number of carboxylic acid groups (broad SMARTS) is 1. The summed E-state index contributed by atoms with van der Waals surface area (Å²) in [7, 11) is -3.52. The van der Waals surface area contributed by atoms with Crippen LogP contribution in [0.5, 0.6) is 0 Å². The van der Waals surface area contributed by atoms with Gasteiger partial charge in [-0.3, -0.25) is 0 Å². The van der Waals surface area contributed by atoms with Gasteiger partial charge in [-0.1, -0.05) is 0 Å². The van der Waals surface area contributed by atoms with E-state index in [4.69, 9.17) is 9.52 Å². The second-order valence-corrected chi connectivity index (χ2v) is 6.69. The lowest BCUT2D eigenvalue weighted by molar-refractivity contribution is 0.0656. The van der Waals surface area contributed by atoms with Crippen molar-refractivity contribution in [2.75, 3.05) is 25.4 Å². The highest BCUT2D eigenvalue weighted by molar-refractivity contribution is 7.91. The van der Waals surface area contributed by atoms with Crippen molar-refractivity contribution < 1.29 is 22.7 Å². The Morgan fingerprint density at radius 2 is 2.00 bits per heavy atom. The molecule has 2 heterocycles. The molecule has 0 spiro atoms. The molecule has 6 nitrogen and oxygen atoms in total. The summed E-state index contributed by atoms with van der Waals surface area (Å²) in [5.74, 6) is -1.63. The maximum Gasteiger partial charge on any atom is 0.371 e. The monoisotopic (exact) mass is 287 g/mol. The van der Waals surface area contributed by atoms with E-state index in [1.54, 1.807) is 0 Å². The molecule has 0 saturated carbocycles. The number of hydrogen-bond donors (Lipinski definition) is 1. The first kappa shape index (κ1) is 14.1. The molecule has 106 valence electrons. The van der Waals surface area contributed by atoms with Crippen LogP contribution in [-0.2, 0) is 9.84 Å². The maximum atomic E-state index is 11.9. The van der Waals surface area contributed by atoms with Gasteiger partial charge in [0.05, 0.1) is 5.75 Å². The number of sulfone groups is 1. The molecule has 0 amide bonds. The van der Waals surface area contributed by atoms with Gasteiger partial charge in [0.25, 0.3) is 0 Å². The molecule has 7 heteroatoms. The normalized spacial score (nSPS) is 16.8. The smallest absolute Gasteiger partial charge is 0.371 e. The Hall–Kier alpha value is -1.34. The van der Waals surface area contributed by atoms with Gasteiger partial charge in [-0.2, -0.15) is 0 Å². The average molecular weight is 287 g/mol. The number of carboxylic acids is 1. The van der Waals surface area contributed by atoms with Gasteiger partial charge in [0.15, 0.2) is 0 Å².